The molecule has 0 saturated carbocycles. The molecular formula is C11H17NOS. The highest BCUT2D eigenvalue weighted by Crippen LogP contribution is 2.24. The Labute approximate surface area is 89.4 Å². The Bertz CT molecular complexity index is 383. The quantitative estimate of drug-likeness (QED) is 0.748. The van der Waals surface area contributed by atoms with Gasteiger partial charge in [0.05, 0.1) is 0 Å². The summed E-state index contributed by atoms with van der Waals surface area (Å²) in [5.74, 6) is 0. The van der Waals surface area contributed by atoms with Crippen molar-refractivity contribution in [3.63, 3.8) is 0 Å². The minimum Gasteiger partial charge on any atom is -0.366 e. The second-order valence-electron chi connectivity index (χ2n) is 2.69. The van der Waals surface area contributed by atoms with Crippen molar-refractivity contribution in [3.05, 3.63) is 23.8 Å². The Morgan fingerprint density at radius 2 is 2.07 bits per heavy atom. The number of nitrogens with zero attached hydrogens (tertiary/aromatic N) is 1. The molecule has 0 spiro atoms. The average molecular weight is 211 g/mol. The summed E-state index contributed by atoms with van der Waals surface area (Å²) < 4.78 is 7.16. The molecule has 0 aliphatic carbocycles. The lowest BCUT2D eigenvalue weighted by molar-refractivity contribution is 0.392. The third-order valence-corrected chi connectivity index (χ3v) is 2.58. The normalized spacial score (nSPS) is 10.0. The molecule has 3 heteroatoms. The molecular weight excluding hydrogens is 194 g/mol. The first-order valence-electron chi connectivity index (χ1n) is 5.00. The summed E-state index contributed by atoms with van der Waals surface area (Å²) in [5.41, 5.74) is 3.54. The topological polar surface area (TPSA) is 18.1 Å². The molecule has 78 valence electrons. The van der Waals surface area contributed by atoms with E-state index in [-0.39, 0.29) is 0 Å². The summed E-state index contributed by atoms with van der Waals surface area (Å²) in [6, 6.07) is 6.31. The van der Waals surface area contributed by atoms with Crippen LogP contribution in [0, 0.1) is 0 Å². The van der Waals surface area contributed by atoms with Gasteiger partial charge in [-0.15, -0.1) is 4.15 Å². The zero-order chi connectivity index (χ0) is 10.6. The van der Waals surface area contributed by atoms with Gasteiger partial charge < -0.3 is 4.52 Å². The molecule has 0 N–H and O–H groups in total. The molecule has 2 rings (SSSR count). The minimum absolute atomic E-state index is 0.988. The molecule has 14 heavy (non-hydrogen) atoms. The largest absolute Gasteiger partial charge is 0.366 e. The van der Waals surface area contributed by atoms with E-state index in [0.29, 0.717) is 0 Å². The molecule has 0 saturated heterocycles. The molecule has 0 aliphatic heterocycles. The van der Waals surface area contributed by atoms with Gasteiger partial charge in [-0.3, -0.25) is 0 Å². The number of hydrogen-bond acceptors (Lipinski definition) is 2. The summed E-state index contributed by atoms with van der Waals surface area (Å²) in [5, 5.41) is 0. The predicted molar refractivity (Wildman–Crippen MR) is 63.8 cm³/mol. The molecule has 1 heterocycles. The van der Waals surface area contributed by atoms with Crippen molar-refractivity contribution in [2.45, 2.75) is 27.2 Å². The van der Waals surface area contributed by atoms with Crippen molar-refractivity contribution in [2.24, 2.45) is 0 Å². The SMILES string of the molecule is CC.CCc1ccc2on(SC)c2c1. The van der Waals surface area contributed by atoms with Crippen molar-refractivity contribution >= 4 is 23.0 Å². The summed E-state index contributed by atoms with van der Waals surface area (Å²) in [6.45, 7) is 6.16. The maximum absolute atomic E-state index is 5.33. The lowest BCUT2D eigenvalue weighted by atomic mass is 10.1. The molecule has 0 aliphatic rings. The Balaban J connectivity index is 0.000000461. The highest BCUT2D eigenvalue weighted by Gasteiger charge is 2.07. The van der Waals surface area contributed by atoms with Gasteiger partial charge in [0, 0.05) is 6.26 Å². The number of benzene rings is 1. The van der Waals surface area contributed by atoms with Gasteiger partial charge in [0.2, 0.25) is 0 Å². The first kappa shape index (κ1) is 11.2. The van der Waals surface area contributed by atoms with E-state index in [0.717, 1.165) is 12.0 Å². The summed E-state index contributed by atoms with van der Waals surface area (Å²) >= 11 is 1.58. The summed E-state index contributed by atoms with van der Waals surface area (Å²) in [7, 11) is 0. The van der Waals surface area contributed by atoms with Gasteiger partial charge in [-0.2, -0.15) is 0 Å². The fraction of sp³-hybridized carbons (Fsp3) is 0.455. The van der Waals surface area contributed by atoms with Crippen LogP contribution >= 0.6 is 11.9 Å². The second kappa shape index (κ2) is 5.15. The smallest absolute Gasteiger partial charge is 0.184 e. The van der Waals surface area contributed by atoms with Crippen LogP contribution in [0.2, 0.25) is 0 Å². The molecule has 2 aromatic rings. The summed E-state index contributed by atoms with van der Waals surface area (Å²) in [4.78, 5) is 0. The fourth-order valence-electron chi connectivity index (χ4n) is 1.24. The van der Waals surface area contributed by atoms with Gasteiger partial charge in [0.1, 0.15) is 5.52 Å². The number of fused-ring (bicyclic) bond motifs is 1. The van der Waals surface area contributed by atoms with Gasteiger partial charge in [-0.05, 0) is 36.1 Å². The van der Waals surface area contributed by atoms with E-state index in [4.69, 9.17) is 4.52 Å². The van der Waals surface area contributed by atoms with Crippen LogP contribution in [0.25, 0.3) is 11.1 Å². The standard InChI is InChI=1S/C9H11NOS.C2H6/c1-3-7-4-5-9-8(6-7)10(11-9)12-2;1-2/h4-6H,3H2,1-2H3;1-2H3. The molecule has 0 amide bonds. The Hall–Kier alpha value is -0.830. The van der Waals surface area contributed by atoms with Crippen LogP contribution < -0.4 is 0 Å². The zero-order valence-electron chi connectivity index (χ0n) is 9.20. The Kier molecular flexibility index (Phi) is 4.14. The summed E-state index contributed by atoms with van der Waals surface area (Å²) in [6.07, 6.45) is 3.08. The highest BCUT2D eigenvalue weighted by atomic mass is 32.2. The van der Waals surface area contributed by atoms with Crippen LogP contribution in [0.1, 0.15) is 26.3 Å². The van der Waals surface area contributed by atoms with Crippen molar-refractivity contribution in [2.75, 3.05) is 6.26 Å². The van der Waals surface area contributed by atoms with E-state index in [1.165, 1.54) is 11.1 Å². The van der Waals surface area contributed by atoms with Crippen molar-refractivity contribution in [3.8, 4) is 0 Å². The first-order chi connectivity index (χ1) is 6.85. The van der Waals surface area contributed by atoms with Crippen molar-refractivity contribution < 1.29 is 4.52 Å². The molecule has 1 aromatic heterocycles. The van der Waals surface area contributed by atoms with Crippen LogP contribution in [-0.2, 0) is 6.42 Å². The third-order valence-electron chi connectivity index (χ3n) is 1.98. The molecule has 0 radical (unpaired) electrons. The van der Waals surface area contributed by atoms with Gasteiger partial charge in [-0.1, -0.05) is 26.8 Å². The van der Waals surface area contributed by atoms with E-state index in [1.54, 1.807) is 11.9 Å². The van der Waals surface area contributed by atoms with E-state index < -0.39 is 0 Å². The Morgan fingerprint density at radius 3 is 2.64 bits per heavy atom. The van der Waals surface area contributed by atoms with Gasteiger partial charge in [-0.25, -0.2) is 0 Å². The second-order valence-corrected chi connectivity index (χ2v) is 3.38. The minimum atomic E-state index is 0.988. The maximum atomic E-state index is 5.33. The third kappa shape index (κ3) is 1.98. The van der Waals surface area contributed by atoms with Gasteiger partial charge in [0.15, 0.2) is 5.58 Å². The monoisotopic (exact) mass is 211 g/mol. The molecule has 0 atom stereocenters. The molecule has 0 bridgehead atoms. The number of aryl methyl sites for hydroxylation is 1. The number of hydrogen-bond donors (Lipinski definition) is 0. The first-order valence-corrected chi connectivity index (χ1v) is 6.18. The highest BCUT2D eigenvalue weighted by molar-refractivity contribution is 7.97. The van der Waals surface area contributed by atoms with E-state index in [9.17, 15) is 0 Å². The van der Waals surface area contributed by atoms with Crippen molar-refractivity contribution in [1.82, 2.24) is 4.15 Å². The maximum Gasteiger partial charge on any atom is 0.184 e. The fourth-order valence-corrected chi connectivity index (χ4v) is 1.73. The molecule has 1 aromatic carbocycles. The molecule has 0 fully saturated rings. The Morgan fingerprint density at radius 1 is 1.36 bits per heavy atom. The van der Waals surface area contributed by atoms with E-state index in [1.807, 2.05) is 30.3 Å². The molecule has 2 nitrogen and oxygen atoms in total. The van der Waals surface area contributed by atoms with Crippen LogP contribution in [0.15, 0.2) is 22.7 Å². The molecule has 0 unspecified atom stereocenters. The number of aromatic nitrogens is 1. The van der Waals surface area contributed by atoms with Crippen molar-refractivity contribution in [1.29, 1.82) is 0 Å². The van der Waals surface area contributed by atoms with Crippen LogP contribution in [-0.4, -0.2) is 10.4 Å². The average Bonchev–Trinajstić information content (AvgIpc) is 2.23. The van der Waals surface area contributed by atoms with Crippen LogP contribution in [0.3, 0.4) is 0 Å². The van der Waals surface area contributed by atoms with Gasteiger partial charge >= 0.3 is 0 Å². The zero-order valence-corrected chi connectivity index (χ0v) is 10.0. The van der Waals surface area contributed by atoms with E-state index >= 15 is 0 Å². The van der Waals surface area contributed by atoms with Crippen LogP contribution in [0.5, 0.6) is 0 Å². The predicted octanol–water partition coefficient (Wildman–Crippen LogP) is 3.95. The van der Waals surface area contributed by atoms with Gasteiger partial charge in [0.25, 0.3) is 0 Å². The van der Waals surface area contributed by atoms with E-state index in [2.05, 4.69) is 19.1 Å². The lowest BCUT2D eigenvalue weighted by Crippen LogP contribution is -1.96. The lowest BCUT2D eigenvalue weighted by Gasteiger charge is -2.11. The number of rotatable bonds is 2. The van der Waals surface area contributed by atoms with Crippen LogP contribution in [0.4, 0.5) is 0 Å².